The van der Waals surface area contributed by atoms with Crippen molar-refractivity contribution in [3.63, 3.8) is 0 Å². The number of para-hydroxylation sites is 1. The molecule has 0 radical (unpaired) electrons. The summed E-state index contributed by atoms with van der Waals surface area (Å²) >= 11 is 0. The zero-order valence-corrected chi connectivity index (χ0v) is 14.6. The Hall–Kier alpha value is -3.22. The third kappa shape index (κ3) is 3.97. The summed E-state index contributed by atoms with van der Waals surface area (Å²) in [6, 6.07) is 15.8. The smallest absolute Gasteiger partial charge is 0.160 e. The monoisotopic (exact) mass is 367 g/mol. The normalized spacial score (nSPS) is 14.3. The number of hydrogen-bond acceptors (Lipinski definition) is 5. The molecule has 4 rings (SSSR count). The average molecular weight is 367 g/mol. The molecule has 1 saturated heterocycles. The molecule has 1 aliphatic rings. The van der Waals surface area contributed by atoms with Crippen LogP contribution in [-0.4, -0.2) is 36.1 Å². The molecule has 1 N–H and O–H groups in total. The van der Waals surface area contributed by atoms with Crippen LogP contribution in [0.2, 0.25) is 0 Å². The second-order valence-electron chi connectivity index (χ2n) is 6.32. The minimum Gasteiger partial charge on any atom is -0.368 e. The Morgan fingerprint density at radius 3 is 2.26 bits per heavy atom. The fraction of sp³-hybridized carbons (Fsp3) is 0.200. The standard InChI is InChI=1S/C20H19F2N5/c21-17-7-6-15(12-18(17)22)25-19-13-20(24-14-23-19)27-10-8-26(9-11-27)16-4-2-1-3-5-16/h1-7,12-14H,8-11H2,(H,23,24,25). The molecule has 0 amide bonds. The van der Waals surface area contributed by atoms with E-state index in [-0.39, 0.29) is 0 Å². The first-order chi connectivity index (χ1) is 13.2. The number of benzene rings is 2. The van der Waals surface area contributed by atoms with Crippen LogP contribution in [0.5, 0.6) is 0 Å². The molecule has 2 heterocycles. The van der Waals surface area contributed by atoms with Gasteiger partial charge in [-0.3, -0.25) is 0 Å². The summed E-state index contributed by atoms with van der Waals surface area (Å²) in [5.74, 6) is -0.425. The van der Waals surface area contributed by atoms with Gasteiger partial charge in [-0.1, -0.05) is 18.2 Å². The van der Waals surface area contributed by atoms with E-state index in [1.807, 2.05) is 24.3 Å². The number of piperazine rings is 1. The highest BCUT2D eigenvalue weighted by Crippen LogP contribution is 2.22. The van der Waals surface area contributed by atoms with Crippen molar-refractivity contribution in [1.82, 2.24) is 9.97 Å². The van der Waals surface area contributed by atoms with E-state index in [0.29, 0.717) is 11.5 Å². The number of hydrogen-bond donors (Lipinski definition) is 1. The molecule has 0 aliphatic carbocycles. The fourth-order valence-electron chi connectivity index (χ4n) is 3.14. The number of aromatic nitrogens is 2. The Kier molecular flexibility index (Phi) is 4.82. The van der Waals surface area contributed by atoms with Gasteiger partial charge >= 0.3 is 0 Å². The molecule has 1 aliphatic heterocycles. The summed E-state index contributed by atoms with van der Waals surface area (Å²) in [4.78, 5) is 13.1. The van der Waals surface area contributed by atoms with Gasteiger partial charge in [0.1, 0.15) is 18.0 Å². The van der Waals surface area contributed by atoms with Gasteiger partial charge in [0.25, 0.3) is 0 Å². The summed E-state index contributed by atoms with van der Waals surface area (Å²) in [6.07, 6.45) is 1.47. The lowest BCUT2D eigenvalue weighted by molar-refractivity contribution is 0.509. The Bertz CT molecular complexity index is 911. The van der Waals surface area contributed by atoms with Crippen LogP contribution in [0, 0.1) is 11.6 Å². The summed E-state index contributed by atoms with van der Waals surface area (Å²) in [6.45, 7) is 3.49. The number of rotatable bonds is 4. The van der Waals surface area contributed by atoms with Crippen LogP contribution >= 0.6 is 0 Å². The predicted octanol–water partition coefficient (Wildman–Crippen LogP) is 3.83. The van der Waals surface area contributed by atoms with E-state index in [9.17, 15) is 8.78 Å². The lowest BCUT2D eigenvalue weighted by atomic mass is 10.2. The molecule has 3 aromatic rings. The van der Waals surface area contributed by atoms with Crippen LogP contribution in [0.25, 0.3) is 0 Å². The van der Waals surface area contributed by atoms with Crippen molar-refractivity contribution in [3.8, 4) is 0 Å². The van der Waals surface area contributed by atoms with E-state index < -0.39 is 11.6 Å². The van der Waals surface area contributed by atoms with Gasteiger partial charge in [-0.25, -0.2) is 18.7 Å². The van der Waals surface area contributed by atoms with Crippen molar-refractivity contribution in [3.05, 3.63) is 72.6 Å². The molecule has 1 aromatic heterocycles. The molecule has 0 bridgehead atoms. The van der Waals surface area contributed by atoms with Crippen LogP contribution in [0.4, 0.5) is 31.8 Å². The largest absolute Gasteiger partial charge is 0.368 e. The van der Waals surface area contributed by atoms with E-state index in [4.69, 9.17) is 0 Å². The molecular formula is C20H19F2N5. The molecule has 0 spiro atoms. The van der Waals surface area contributed by atoms with E-state index in [1.54, 1.807) is 0 Å². The van der Waals surface area contributed by atoms with Gasteiger partial charge in [-0.05, 0) is 24.3 Å². The summed E-state index contributed by atoms with van der Waals surface area (Å²) < 4.78 is 26.4. The number of nitrogens with one attached hydrogen (secondary N) is 1. The topological polar surface area (TPSA) is 44.3 Å². The zero-order chi connectivity index (χ0) is 18.6. The molecule has 0 saturated carbocycles. The zero-order valence-electron chi connectivity index (χ0n) is 14.6. The second kappa shape index (κ2) is 7.57. The first-order valence-corrected chi connectivity index (χ1v) is 8.78. The van der Waals surface area contributed by atoms with Crippen LogP contribution in [0.1, 0.15) is 0 Å². The maximum Gasteiger partial charge on any atom is 0.160 e. The van der Waals surface area contributed by atoms with E-state index in [1.165, 1.54) is 18.1 Å². The quantitative estimate of drug-likeness (QED) is 0.759. The summed E-state index contributed by atoms with van der Waals surface area (Å²) in [5.41, 5.74) is 1.66. The van der Waals surface area contributed by atoms with Crippen LogP contribution < -0.4 is 15.1 Å². The minimum atomic E-state index is -0.897. The van der Waals surface area contributed by atoms with E-state index in [0.717, 1.165) is 44.1 Å². The molecule has 27 heavy (non-hydrogen) atoms. The first-order valence-electron chi connectivity index (χ1n) is 8.78. The lowest BCUT2D eigenvalue weighted by Crippen LogP contribution is -2.46. The van der Waals surface area contributed by atoms with Crippen LogP contribution in [-0.2, 0) is 0 Å². The van der Waals surface area contributed by atoms with E-state index >= 15 is 0 Å². The molecule has 1 fully saturated rings. The highest BCUT2D eigenvalue weighted by molar-refractivity contribution is 5.59. The molecular weight excluding hydrogens is 348 g/mol. The molecule has 2 aromatic carbocycles. The second-order valence-corrected chi connectivity index (χ2v) is 6.32. The summed E-state index contributed by atoms with van der Waals surface area (Å²) in [7, 11) is 0. The van der Waals surface area contributed by atoms with Crippen molar-refractivity contribution < 1.29 is 8.78 Å². The van der Waals surface area contributed by atoms with Crippen molar-refractivity contribution in [2.24, 2.45) is 0 Å². The van der Waals surface area contributed by atoms with Crippen LogP contribution in [0.3, 0.4) is 0 Å². The molecule has 0 atom stereocenters. The molecule has 0 unspecified atom stereocenters. The molecule has 5 nitrogen and oxygen atoms in total. The van der Waals surface area contributed by atoms with Crippen molar-refractivity contribution in [2.75, 3.05) is 41.3 Å². The van der Waals surface area contributed by atoms with Gasteiger partial charge in [-0.2, -0.15) is 0 Å². The Labute approximate surface area is 156 Å². The maximum absolute atomic E-state index is 13.4. The Balaban J connectivity index is 1.43. The average Bonchev–Trinajstić information content (AvgIpc) is 2.72. The lowest BCUT2D eigenvalue weighted by Gasteiger charge is -2.36. The molecule has 138 valence electrons. The Morgan fingerprint density at radius 1 is 0.778 bits per heavy atom. The van der Waals surface area contributed by atoms with E-state index in [2.05, 4.69) is 37.2 Å². The molecule has 7 heteroatoms. The summed E-state index contributed by atoms with van der Waals surface area (Å²) in [5, 5.41) is 2.99. The van der Waals surface area contributed by atoms with Gasteiger partial charge in [0, 0.05) is 49.7 Å². The number of nitrogens with zero attached hydrogens (tertiary/aromatic N) is 4. The fourth-order valence-corrected chi connectivity index (χ4v) is 3.14. The third-order valence-corrected chi connectivity index (χ3v) is 4.57. The van der Waals surface area contributed by atoms with Gasteiger partial charge in [0.05, 0.1) is 0 Å². The number of halogens is 2. The predicted molar refractivity (Wildman–Crippen MR) is 103 cm³/mol. The third-order valence-electron chi connectivity index (χ3n) is 4.57. The highest BCUT2D eigenvalue weighted by Gasteiger charge is 2.18. The number of anilines is 4. The van der Waals surface area contributed by atoms with Gasteiger partial charge in [-0.15, -0.1) is 0 Å². The van der Waals surface area contributed by atoms with Crippen molar-refractivity contribution in [1.29, 1.82) is 0 Å². The minimum absolute atomic E-state index is 0.437. The van der Waals surface area contributed by atoms with Gasteiger partial charge in [0.2, 0.25) is 0 Å². The Morgan fingerprint density at radius 2 is 1.52 bits per heavy atom. The van der Waals surface area contributed by atoms with Crippen molar-refractivity contribution >= 4 is 23.0 Å². The van der Waals surface area contributed by atoms with Crippen molar-refractivity contribution in [2.45, 2.75) is 0 Å². The van der Waals surface area contributed by atoms with Crippen LogP contribution in [0.15, 0.2) is 60.9 Å². The maximum atomic E-state index is 13.4. The highest BCUT2D eigenvalue weighted by atomic mass is 19.2. The van der Waals surface area contributed by atoms with Gasteiger partial charge < -0.3 is 15.1 Å². The SMILES string of the molecule is Fc1ccc(Nc2cc(N3CCN(c4ccccc4)CC3)ncn2)cc1F. The van der Waals surface area contributed by atoms with Gasteiger partial charge in [0.15, 0.2) is 11.6 Å². The first kappa shape index (κ1) is 17.2.